The van der Waals surface area contributed by atoms with Gasteiger partial charge in [0.1, 0.15) is 5.82 Å². The molecule has 0 aromatic heterocycles. The highest BCUT2D eigenvalue weighted by Crippen LogP contribution is 2.25. The lowest BCUT2D eigenvalue weighted by atomic mass is 9.89. The van der Waals surface area contributed by atoms with E-state index in [2.05, 4.69) is 13.8 Å². The van der Waals surface area contributed by atoms with E-state index in [0.29, 0.717) is 11.8 Å². The maximum atomic E-state index is 13.7. The second-order valence-electron chi connectivity index (χ2n) is 5.71. The molecule has 19 heavy (non-hydrogen) atoms. The SMILES string of the molecule is CC(C)C1CCCN(C(=O)c2ccccc2F)CC1. The van der Waals surface area contributed by atoms with Gasteiger partial charge in [-0.2, -0.15) is 0 Å². The molecule has 1 atom stereocenters. The van der Waals surface area contributed by atoms with Gasteiger partial charge >= 0.3 is 0 Å². The van der Waals surface area contributed by atoms with Crippen LogP contribution in [-0.2, 0) is 0 Å². The zero-order valence-electron chi connectivity index (χ0n) is 11.7. The van der Waals surface area contributed by atoms with E-state index in [1.165, 1.54) is 12.5 Å². The lowest BCUT2D eigenvalue weighted by Crippen LogP contribution is -2.32. The first kappa shape index (κ1) is 14.0. The largest absolute Gasteiger partial charge is 0.339 e. The number of hydrogen-bond acceptors (Lipinski definition) is 1. The van der Waals surface area contributed by atoms with Gasteiger partial charge < -0.3 is 4.90 Å². The number of benzene rings is 1. The van der Waals surface area contributed by atoms with Crippen molar-refractivity contribution < 1.29 is 9.18 Å². The molecule has 1 aliphatic rings. The highest BCUT2D eigenvalue weighted by atomic mass is 19.1. The quantitative estimate of drug-likeness (QED) is 0.796. The Morgan fingerprint density at radius 2 is 2.00 bits per heavy atom. The molecule has 0 bridgehead atoms. The summed E-state index contributed by atoms with van der Waals surface area (Å²) in [6.07, 6.45) is 3.21. The molecular formula is C16H22FNO. The van der Waals surface area contributed by atoms with Gasteiger partial charge in [0.25, 0.3) is 5.91 Å². The summed E-state index contributed by atoms with van der Waals surface area (Å²) in [5.74, 6) is 0.751. The van der Waals surface area contributed by atoms with Crippen LogP contribution in [0.3, 0.4) is 0 Å². The van der Waals surface area contributed by atoms with Crippen LogP contribution in [0.25, 0.3) is 0 Å². The van der Waals surface area contributed by atoms with E-state index in [4.69, 9.17) is 0 Å². The van der Waals surface area contributed by atoms with Crippen molar-refractivity contribution in [1.82, 2.24) is 4.90 Å². The van der Waals surface area contributed by atoms with Crippen LogP contribution >= 0.6 is 0 Å². The average molecular weight is 263 g/mol. The Hall–Kier alpha value is -1.38. The molecule has 104 valence electrons. The van der Waals surface area contributed by atoms with E-state index >= 15 is 0 Å². The van der Waals surface area contributed by atoms with E-state index in [1.54, 1.807) is 23.1 Å². The monoisotopic (exact) mass is 263 g/mol. The number of amides is 1. The summed E-state index contributed by atoms with van der Waals surface area (Å²) in [5, 5.41) is 0. The third-order valence-electron chi connectivity index (χ3n) is 4.11. The predicted octanol–water partition coefficient (Wildman–Crippen LogP) is 3.72. The van der Waals surface area contributed by atoms with Crippen LogP contribution in [0, 0.1) is 17.7 Å². The van der Waals surface area contributed by atoms with Crippen LogP contribution in [0.4, 0.5) is 4.39 Å². The maximum absolute atomic E-state index is 13.7. The lowest BCUT2D eigenvalue weighted by molar-refractivity contribution is 0.0754. The zero-order chi connectivity index (χ0) is 13.8. The topological polar surface area (TPSA) is 20.3 Å². The first-order chi connectivity index (χ1) is 9.09. The van der Waals surface area contributed by atoms with Crippen molar-refractivity contribution in [3.8, 4) is 0 Å². The summed E-state index contributed by atoms with van der Waals surface area (Å²) < 4.78 is 13.7. The molecule has 2 rings (SSSR count). The van der Waals surface area contributed by atoms with Crippen molar-refractivity contribution in [3.63, 3.8) is 0 Å². The third-order valence-corrected chi connectivity index (χ3v) is 4.11. The smallest absolute Gasteiger partial charge is 0.256 e. The Kier molecular flexibility index (Phi) is 4.56. The molecule has 1 heterocycles. The standard InChI is InChI=1S/C16H22FNO/c1-12(2)13-6-5-10-18(11-9-13)16(19)14-7-3-4-8-15(14)17/h3-4,7-8,12-13H,5-6,9-11H2,1-2H3. The normalized spacial score (nSPS) is 20.4. The number of carbonyl (C=O) groups is 1. The van der Waals surface area contributed by atoms with Crippen LogP contribution in [0.2, 0.25) is 0 Å². The highest BCUT2D eigenvalue weighted by molar-refractivity contribution is 5.94. The van der Waals surface area contributed by atoms with E-state index in [-0.39, 0.29) is 11.5 Å². The van der Waals surface area contributed by atoms with E-state index < -0.39 is 5.82 Å². The molecule has 1 aromatic rings. The molecule has 3 heteroatoms. The predicted molar refractivity (Wildman–Crippen MR) is 74.5 cm³/mol. The second kappa shape index (κ2) is 6.18. The first-order valence-electron chi connectivity index (χ1n) is 7.13. The molecule has 1 aromatic carbocycles. The van der Waals surface area contributed by atoms with E-state index in [0.717, 1.165) is 25.9 Å². The van der Waals surface area contributed by atoms with Crippen LogP contribution in [0.1, 0.15) is 43.5 Å². The molecule has 0 saturated carbocycles. The number of carbonyl (C=O) groups excluding carboxylic acids is 1. The molecule has 0 aliphatic carbocycles. The zero-order valence-corrected chi connectivity index (χ0v) is 11.7. The van der Waals surface area contributed by atoms with Gasteiger partial charge in [-0.25, -0.2) is 4.39 Å². The van der Waals surface area contributed by atoms with Crippen molar-refractivity contribution in [1.29, 1.82) is 0 Å². The number of nitrogens with zero attached hydrogens (tertiary/aromatic N) is 1. The fourth-order valence-corrected chi connectivity index (χ4v) is 2.80. The summed E-state index contributed by atoms with van der Waals surface area (Å²) in [6.45, 7) is 5.96. The Morgan fingerprint density at radius 3 is 2.68 bits per heavy atom. The van der Waals surface area contributed by atoms with Gasteiger partial charge in [-0.05, 0) is 43.2 Å². The molecule has 0 N–H and O–H groups in total. The van der Waals surface area contributed by atoms with Gasteiger partial charge in [0.15, 0.2) is 0 Å². The molecule has 0 spiro atoms. The van der Waals surface area contributed by atoms with Crippen molar-refractivity contribution >= 4 is 5.91 Å². The number of hydrogen-bond donors (Lipinski definition) is 0. The Bertz CT molecular complexity index is 444. The van der Waals surface area contributed by atoms with E-state index in [9.17, 15) is 9.18 Å². The maximum Gasteiger partial charge on any atom is 0.256 e. The van der Waals surface area contributed by atoms with Crippen molar-refractivity contribution in [3.05, 3.63) is 35.6 Å². The van der Waals surface area contributed by atoms with Crippen molar-refractivity contribution in [2.45, 2.75) is 33.1 Å². The van der Waals surface area contributed by atoms with Crippen LogP contribution in [-0.4, -0.2) is 23.9 Å². The van der Waals surface area contributed by atoms with Crippen molar-refractivity contribution in [2.75, 3.05) is 13.1 Å². The molecule has 1 amide bonds. The number of rotatable bonds is 2. The first-order valence-corrected chi connectivity index (χ1v) is 7.13. The third kappa shape index (κ3) is 3.34. The minimum Gasteiger partial charge on any atom is -0.339 e. The summed E-state index contributed by atoms with van der Waals surface area (Å²) in [5.41, 5.74) is 0.200. The van der Waals surface area contributed by atoms with Gasteiger partial charge in [0.05, 0.1) is 5.56 Å². The van der Waals surface area contributed by atoms with Crippen LogP contribution in [0.5, 0.6) is 0 Å². The molecule has 1 aliphatic heterocycles. The summed E-state index contributed by atoms with van der Waals surface area (Å²) in [4.78, 5) is 14.1. The summed E-state index contributed by atoms with van der Waals surface area (Å²) in [7, 11) is 0. The minimum absolute atomic E-state index is 0.164. The van der Waals surface area contributed by atoms with Gasteiger partial charge in [-0.15, -0.1) is 0 Å². The minimum atomic E-state index is -0.419. The fraction of sp³-hybridized carbons (Fsp3) is 0.562. The molecule has 1 saturated heterocycles. The van der Waals surface area contributed by atoms with Gasteiger partial charge in [-0.3, -0.25) is 4.79 Å². The number of halogens is 1. The lowest BCUT2D eigenvalue weighted by Gasteiger charge is -2.21. The fourth-order valence-electron chi connectivity index (χ4n) is 2.80. The molecule has 0 radical (unpaired) electrons. The van der Waals surface area contributed by atoms with Gasteiger partial charge in [-0.1, -0.05) is 26.0 Å². The molecular weight excluding hydrogens is 241 g/mol. The highest BCUT2D eigenvalue weighted by Gasteiger charge is 2.24. The number of likely N-dealkylation sites (tertiary alicyclic amines) is 1. The molecule has 1 fully saturated rings. The molecule has 1 unspecified atom stereocenters. The summed E-state index contributed by atoms with van der Waals surface area (Å²) in [6, 6.07) is 6.25. The van der Waals surface area contributed by atoms with Crippen LogP contribution in [0.15, 0.2) is 24.3 Å². The second-order valence-corrected chi connectivity index (χ2v) is 5.71. The Balaban J connectivity index is 2.06. The Labute approximate surface area is 114 Å². The van der Waals surface area contributed by atoms with Gasteiger partial charge in [0.2, 0.25) is 0 Å². The average Bonchev–Trinajstić information content (AvgIpc) is 2.64. The van der Waals surface area contributed by atoms with Gasteiger partial charge in [0, 0.05) is 13.1 Å². The van der Waals surface area contributed by atoms with E-state index in [1.807, 2.05) is 0 Å². The van der Waals surface area contributed by atoms with Crippen LogP contribution < -0.4 is 0 Å². The van der Waals surface area contributed by atoms with Crippen molar-refractivity contribution in [2.24, 2.45) is 11.8 Å². The summed E-state index contributed by atoms with van der Waals surface area (Å²) >= 11 is 0. The molecule has 2 nitrogen and oxygen atoms in total. The Morgan fingerprint density at radius 1 is 1.26 bits per heavy atom.